The zero-order chi connectivity index (χ0) is 22.2. The molecule has 0 radical (unpaired) electrons. The summed E-state index contributed by atoms with van der Waals surface area (Å²) in [7, 11) is 1.35. The van der Waals surface area contributed by atoms with Gasteiger partial charge in [0.25, 0.3) is 5.91 Å². The molecule has 0 spiro atoms. The van der Waals surface area contributed by atoms with E-state index in [0.717, 1.165) is 24.9 Å². The van der Waals surface area contributed by atoms with Crippen LogP contribution in [0.1, 0.15) is 44.6 Å². The number of nitrogens with zero attached hydrogens (tertiary/aromatic N) is 2. The lowest BCUT2D eigenvalue weighted by Gasteiger charge is -2.42. The van der Waals surface area contributed by atoms with Gasteiger partial charge >= 0.3 is 11.9 Å². The van der Waals surface area contributed by atoms with Crippen molar-refractivity contribution in [2.24, 2.45) is 0 Å². The van der Waals surface area contributed by atoms with Crippen LogP contribution >= 0.6 is 0 Å². The molecule has 8 heteroatoms. The first-order valence-corrected chi connectivity index (χ1v) is 11.2. The number of nitrogens with one attached hydrogen (secondary N) is 1. The third-order valence-electron chi connectivity index (χ3n) is 5.94. The van der Waals surface area contributed by atoms with E-state index in [1.54, 1.807) is 11.9 Å². The summed E-state index contributed by atoms with van der Waals surface area (Å²) in [4.78, 5) is 38.4. The lowest BCUT2D eigenvalue weighted by Crippen LogP contribution is -2.62. The standard InChI is InChI=1S/C23H33N3O5/c1-3-31-22(28)19(14-13-17-9-5-4-6-10-17)24-18-11-7-15-25-16-8-12-20(23(29)30-2)26(25)21(18)27/h4-6,9-10,18-20,24H,3,7-8,11-16H2,1-2H3. The fourth-order valence-electron chi connectivity index (χ4n) is 4.39. The number of hydrogen-bond acceptors (Lipinski definition) is 7. The topological polar surface area (TPSA) is 88.2 Å². The maximum atomic E-state index is 13.5. The molecule has 31 heavy (non-hydrogen) atoms. The third kappa shape index (κ3) is 5.83. The van der Waals surface area contributed by atoms with Crippen molar-refractivity contribution in [2.45, 2.75) is 63.6 Å². The summed E-state index contributed by atoms with van der Waals surface area (Å²) in [6.45, 7) is 3.49. The summed E-state index contributed by atoms with van der Waals surface area (Å²) >= 11 is 0. The Labute approximate surface area is 183 Å². The van der Waals surface area contributed by atoms with Crippen molar-refractivity contribution < 1.29 is 23.9 Å². The van der Waals surface area contributed by atoms with Crippen molar-refractivity contribution in [3.63, 3.8) is 0 Å². The fourth-order valence-corrected chi connectivity index (χ4v) is 4.39. The number of rotatable bonds is 8. The van der Waals surface area contributed by atoms with Crippen LogP contribution in [0.4, 0.5) is 0 Å². The molecule has 2 fully saturated rings. The van der Waals surface area contributed by atoms with E-state index in [4.69, 9.17) is 9.47 Å². The maximum Gasteiger partial charge on any atom is 0.330 e. The van der Waals surface area contributed by atoms with Crippen molar-refractivity contribution in [2.75, 3.05) is 26.8 Å². The molecule has 0 bridgehead atoms. The summed E-state index contributed by atoms with van der Waals surface area (Å²) in [5, 5.41) is 6.79. The Morgan fingerprint density at radius 3 is 2.55 bits per heavy atom. The van der Waals surface area contributed by atoms with Gasteiger partial charge in [0, 0.05) is 13.1 Å². The molecule has 1 N–H and O–H groups in total. The SMILES string of the molecule is CCOC(=O)C(CCc1ccccc1)NC1CCCN2CCCC(C(=O)OC)N2C1=O. The molecule has 1 amide bonds. The number of methoxy groups -OCH3 is 1. The average Bonchev–Trinajstić information content (AvgIpc) is 2.95. The first kappa shape index (κ1) is 23.2. The van der Waals surface area contributed by atoms with Crippen molar-refractivity contribution in [1.82, 2.24) is 15.3 Å². The van der Waals surface area contributed by atoms with Gasteiger partial charge in [-0.1, -0.05) is 30.3 Å². The van der Waals surface area contributed by atoms with E-state index < -0.39 is 24.1 Å². The van der Waals surface area contributed by atoms with Crippen LogP contribution in [-0.4, -0.2) is 72.8 Å². The van der Waals surface area contributed by atoms with Gasteiger partial charge in [0.1, 0.15) is 12.1 Å². The number of hydrogen-bond donors (Lipinski definition) is 1. The Morgan fingerprint density at radius 2 is 1.87 bits per heavy atom. The number of carbonyl (C=O) groups excluding carboxylic acids is 3. The van der Waals surface area contributed by atoms with Crippen LogP contribution in [0, 0.1) is 0 Å². The third-order valence-corrected chi connectivity index (χ3v) is 5.94. The second kappa shape index (κ2) is 11.2. The summed E-state index contributed by atoms with van der Waals surface area (Å²) in [5.41, 5.74) is 1.12. The number of carbonyl (C=O) groups is 3. The molecule has 3 rings (SSSR count). The molecular formula is C23H33N3O5. The number of amides is 1. The molecule has 2 aliphatic heterocycles. The molecule has 3 unspecified atom stereocenters. The highest BCUT2D eigenvalue weighted by Gasteiger charge is 2.42. The van der Waals surface area contributed by atoms with Crippen molar-refractivity contribution in [3.05, 3.63) is 35.9 Å². The minimum Gasteiger partial charge on any atom is -0.467 e. The van der Waals surface area contributed by atoms with Crippen molar-refractivity contribution in [1.29, 1.82) is 0 Å². The van der Waals surface area contributed by atoms with Crippen LogP contribution in [0.3, 0.4) is 0 Å². The van der Waals surface area contributed by atoms with Crippen LogP contribution in [0.5, 0.6) is 0 Å². The Bertz CT molecular complexity index is 757. The summed E-state index contributed by atoms with van der Waals surface area (Å²) in [6, 6.07) is 8.17. The molecule has 2 aliphatic rings. The van der Waals surface area contributed by atoms with Crippen LogP contribution in [0.15, 0.2) is 30.3 Å². The predicted octanol–water partition coefficient (Wildman–Crippen LogP) is 1.68. The van der Waals surface area contributed by atoms with Crippen molar-refractivity contribution in [3.8, 4) is 0 Å². The van der Waals surface area contributed by atoms with Crippen LogP contribution in [0.2, 0.25) is 0 Å². The highest BCUT2D eigenvalue weighted by atomic mass is 16.5. The lowest BCUT2D eigenvalue weighted by atomic mass is 10.0. The molecule has 170 valence electrons. The van der Waals surface area contributed by atoms with E-state index in [1.165, 1.54) is 7.11 Å². The van der Waals surface area contributed by atoms with Crippen LogP contribution in [0.25, 0.3) is 0 Å². The highest BCUT2D eigenvalue weighted by molar-refractivity contribution is 5.88. The Kier molecular flexibility index (Phi) is 8.43. The van der Waals surface area contributed by atoms with Gasteiger partial charge in [-0.15, -0.1) is 0 Å². The largest absolute Gasteiger partial charge is 0.467 e. The molecule has 2 heterocycles. The van der Waals surface area contributed by atoms with Gasteiger partial charge in [-0.25, -0.2) is 9.80 Å². The normalized spacial score (nSPS) is 22.9. The number of ether oxygens (including phenoxy) is 2. The summed E-state index contributed by atoms with van der Waals surface area (Å²) < 4.78 is 10.2. The van der Waals surface area contributed by atoms with E-state index in [0.29, 0.717) is 32.2 Å². The molecule has 8 nitrogen and oxygen atoms in total. The number of esters is 2. The first-order valence-electron chi connectivity index (χ1n) is 11.2. The second-order valence-electron chi connectivity index (χ2n) is 8.01. The minimum absolute atomic E-state index is 0.179. The van der Waals surface area contributed by atoms with Gasteiger partial charge in [-0.05, 0) is 51.0 Å². The average molecular weight is 432 g/mol. The quantitative estimate of drug-likeness (QED) is 0.627. The van der Waals surface area contributed by atoms with Crippen LogP contribution < -0.4 is 5.32 Å². The number of benzene rings is 1. The van der Waals surface area contributed by atoms with E-state index >= 15 is 0 Å². The highest BCUT2D eigenvalue weighted by Crippen LogP contribution is 2.25. The number of hydrazine groups is 1. The first-order chi connectivity index (χ1) is 15.0. The zero-order valence-electron chi connectivity index (χ0n) is 18.4. The molecular weight excluding hydrogens is 398 g/mol. The molecule has 2 saturated heterocycles. The monoisotopic (exact) mass is 431 g/mol. The van der Waals surface area contributed by atoms with Crippen molar-refractivity contribution >= 4 is 17.8 Å². The fraction of sp³-hybridized carbons (Fsp3) is 0.609. The smallest absolute Gasteiger partial charge is 0.330 e. The molecule has 3 atom stereocenters. The Hall–Kier alpha value is -2.45. The van der Waals surface area contributed by atoms with E-state index in [2.05, 4.69) is 5.32 Å². The van der Waals surface area contributed by atoms with E-state index in [9.17, 15) is 14.4 Å². The summed E-state index contributed by atoms with van der Waals surface area (Å²) in [6.07, 6.45) is 4.03. The molecule has 1 aromatic carbocycles. The molecule has 0 aromatic heterocycles. The van der Waals surface area contributed by atoms with Gasteiger partial charge in [0.2, 0.25) is 0 Å². The Balaban J connectivity index is 1.74. The predicted molar refractivity (Wildman–Crippen MR) is 115 cm³/mol. The van der Waals surface area contributed by atoms with E-state index in [1.807, 2.05) is 35.3 Å². The molecule has 1 aromatic rings. The Morgan fingerprint density at radius 1 is 1.16 bits per heavy atom. The zero-order valence-corrected chi connectivity index (χ0v) is 18.4. The minimum atomic E-state index is -0.612. The van der Waals surface area contributed by atoms with Gasteiger partial charge in [0.05, 0.1) is 19.8 Å². The van der Waals surface area contributed by atoms with Gasteiger partial charge < -0.3 is 9.47 Å². The summed E-state index contributed by atoms with van der Waals surface area (Å²) in [5.74, 6) is -0.929. The molecule has 0 saturated carbocycles. The second-order valence-corrected chi connectivity index (χ2v) is 8.01. The van der Waals surface area contributed by atoms with E-state index in [-0.39, 0.29) is 18.5 Å². The lowest BCUT2D eigenvalue weighted by molar-refractivity contribution is -0.176. The molecule has 0 aliphatic carbocycles. The van der Waals surface area contributed by atoms with Gasteiger partial charge in [-0.3, -0.25) is 19.9 Å². The van der Waals surface area contributed by atoms with Crippen LogP contribution in [-0.2, 0) is 30.3 Å². The number of aryl methyl sites for hydroxylation is 1. The van der Waals surface area contributed by atoms with Gasteiger partial charge in [0.15, 0.2) is 0 Å². The number of fused-ring (bicyclic) bond motifs is 1. The maximum absolute atomic E-state index is 13.5. The van der Waals surface area contributed by atoms with Gasteiger partial charge in [-0.2, -0.15) is 0 Å².